The van der Waals surface area contributed by atoms with E-state index in [0.717, 1.165) is 5.69 Å². The molecule has 0 spiro atoms. The SMILES string of the molecule is CC(C)OC(=O)N1CCC(Oc2ccn(-c3ccc(N)cc3)c(=O)c2)CC1. The molecule has 2 aromatic rings. The van der Waals surface area contributed by atoms with Crippen LogP contribution in [-0.4, -0.2) is 40.9 Å². The Balaban J connectivity index is 1.59. The van der Waals surface area contributed by atoms with E-state index in [9.17, 15) is 9.59 Å². The first-order chi connectivity index (χ1) is 12.9. The zero-order valence-electron chi connectivity index (χ0n) is 15.6. The summed E-state index contributed by atoms with van der Waals surface area (Å²) >= 11 is 0. The van der Waals surface area contributed by atoms with Crippen molar-refractivity contribution in [1.82, 2.24) is 9.47 Å². The van der Waals surface area contributed by atoms with Gasteiger partial charge >= 0.3 is 6.09 Å². The fourth-order valence-electron chi connectivity index (χ4n) is 3.01. The highest BCUT2D eigenvalue weighted by Crippen LogP contribution is 2.19. The largest absolute Gasteiger partial charge is 0.490 e. The molecule has 0 aliphatic carbocycles. The van der Waals surface area contributed by atoms with Gasteiger partial charge in [-0.1, -0.05) is 0 Å². The molecule has 3 rings (SSSR count). The van der Waals surface area contributed by atoms with E-state index in [1.54, 1.807) is 41.4 Å². The number of nitrogen functional groups attached to an aromatic ring is 1. The molecule has 27 heavy (non-hydrogen) atoms. The number of carbonyl (C=O) groups excluding carboxylic acids is 1. The molecule has 0 atom stereocenters. The van der Waals surface area contributed by atoms with Crippen LogP contribution in [0.3, 0.4) is 0 Å². The van der Waals surface area contributed by atoms with Crippen LogP contribution in [0.4, 0.5) is 10.5 Å². The Labute approximate surface area is 158 Å². The minimum atomic E-state index is -0.283. The van der Waals surface area contributed by atoms with Gasteiger partial charge in [-0.15, -0.1) is 0 Å². The van der Waals surface area contributed by atoms with Gasteiger partial charge in [0.05, 0.1) is 6.10 Å². The molecule has 1 saturated heterocycles. The summed E-state index contributed by atoms with van der Waals surface area (Å²) < 4.78 is 12.7. The molecule has 1 aromatic heterocycles. The summed E-state index contributed by atoms with van der Waals surface area (Å²) in [5.41, 5.74) is 6.91. The number of likely N-dealkylation sites (tertiary alicyclic amines) is 1. The van der Waals surface area contributed by atoms with Gasteiger partial charge in [0.2, 0.25) is 0 Å². The number of aromatic nitrogens is 1. The van der Waals surface area contributed by atoms with E-state index in [1.807, 2.05) is 13.8 Å². The van der Waals surface area contributed by atoms with Gasteiger partial charge in [-0.2, -0.15) is 0 Å². The predicted molar refractivity (Wildman–Crippen MR) is 103 cm³/mol. The molecule has 144 valence electrons. The average molecular weight is 371 g/mol. The number of hydrogen-bond acceptors (Lipinski definition) is 5. The molecule has 1 fully saturated rings. The van der Waals surface area contributed by atoms with E-state index in [-0.39, 0.29) is 23.9 Å². The molecule has 1 amide bonds. The number of hydrogen-bond donors (Lipinski definition) is 1. The molecule has 1 aliphatic rings. The van der Waals surface area contributed by atoms with Crippen LogP contribution >= 0.6 is 0 Å². The molecule has 2 N–H and O–H groups in total. The van der Waals surface area contributed by atoms with Gasteiger partial charge in [0.1, 0.15) is 11.9 Å². The lowest BCUT2D eigenvalue weighted by Crippen LogP contribution is -2.42. The van der Waals surface area contributed by atoms with Crippen molar-refractivity contribution in [2.24, 2.45) is 0 Å². The molecule has 7 nitrogen and oxygen atoms in total. The van der Waals surface area contributed by atoms with Crippen molar-refractivity contribution in [3.63, 3.8) is 0 Å². The molecule has 0 saturated carbocycles. The lowest BCUT2D eigenvalue weighted by atomic mass is 10.1. The molecular formula is C20H25N3O4. The smallest absolute Gasteiger partial charge is 0.410 e. The van der Waals surface area contributed by atoms with Gasteiger partial charge in [0, 0.05) is 49.6 Å². The highest BCUT2D eigenvalue weighted by atomic mass is 16.6. The van der Waals surface area contributed by atoms with Crippen LogP contribution < -0.4 is 16.0 Å². The van der Waals surface area contributed by atoms with Gasteiger partial charge < -0.3 is 20.1 Å². The Kier molecular flexibility index (Phi) is 5.69. The average Bonchev–Trinajstić information content (AvgIpc) is 2.63. The summed E-state index contributed by atoms with van der Waals surface area (Å²) in [4.78, 5) is 26.0. The van der Waals surface area contributed by atoms with E-state index in [1.165, 1.54) is 10.6 Å². The number of anilines is 1. The maximum Gasteiger partial charge on any atom is 0.410 e. The molecular weight excluding hydrogens is 346 g/mol. The number of rotatable bonds is 4. The monoisotopic (exact) mass is 371 g/mol. The van der Waals surface area contributed by atoms with Gasteiger partial charge in [-0.3, -0.25) is 9.36 Å². The number of nitrogens with zero attached hydrogens (tertiary/aromatic N) is 2. The van der Waals surface area contributed by atoms with Gasteiger partial charge in [-0.25, -0.2) is 4.79 Å². The normalized spacial score (nSPS) is 15.0. The van der Waals surface area contributed by atoms with Crippen molar-refractivity contribution in [3.05, 3.63) is 52.9 Å². The number of pyridine rings is 1. The molecule has 0 bridgehead atoms. The zero-order valence-corrected chi connectivity index (χ0v) is 15.6. The lowest BCUT2D eigenvalue weighted by Gasteiger charge is -2.32. The fraction of sp³-hybridized carbons (Fsp3) is 0.400. The second-order valence-electron chi connectivity index (χ2n) is 6.90. The van der Waals surface area contributed by atoms with Crippen molar-refractivity contribution in [1.29, 1.82) is 0 Å². The minimum Gasteiger partial charge on any atom is -0.490 e. The van der Waals surface area contributed by atoms with E-state index in [2.05, 4.69) is 0 Å². The summed E-state index contributed by atoms with van der Waals surface area (Å²) in [5.74, 6) is 0.537. The van der Waals surface area contributed by atoms with Crippen LogP contribution in [0.25, 0.3) is 5.69 Å². The first-order valence-corrected chi connectivity index (χ1v) is 9.13. The van der Waals surface area contributed by atoms with Crippen molar-refractivity contribution in [2.75, 3.05) is 18.8 Å². The Morgan fingerprint density at radius 1 is 1.15 bits per heavy atom. The topological polar surface area (TPSA) is 86.8 Å². The summed E-state index contributed by atoms with van der Waals surface area (Å²) in [6.45, 7) is 4.83. The second-order valence-corrected chi connectivity index (χ2v) is 6.90. The van der Waals surface area contributed by atoms with Gasteiger partial charge in [0.25, 0.3) is 5.56 Å². The van der Waals surface area contributed by atoms with E-state index >= 15 is 0 Å². The van der Waals surface area contributed by atoms with Crippen molar-refractivity contribution < 1.29 is 14.3 Å². The van der Waals surface area contributed by atoms with Gasteiger partial charge in [-0.05, 0) is 44.2 Å². The van der Waals surface area contributed by atoms with E-state index in [0.29, 0.717) is 37.4 Å². The van der Waals surface area contributed by atoms with Crippen molar-refractivity contribution in [2.45, 2.75) is 38.9 Å². The summed E-state index contributed by atoms with van der Waals surface area (Å²) in [7, 11) is 0. The van der Waals surface area contributed by atoms with Crippen LogP contribution in [0.5, 0.6) is 5.75 Å². The molecule has 0 radical (unpaired) electrons. The highest BCUT2D eigenvalue weighted by molar-refractivity contribution is 5.67. The number of carbonyl (C=O) groups is 1. The van der Waals surface area contributed by atoms with Crippen LogP contribution in [-0.2, 0) is 4.74 Å². The second kappa shape index (κ2) is 8.16. The maximum atomic E-state index is 12.4. The number of benzene rings is 1. The number of amides is 1. The maximum absolute atomic E-state index is 12.4. The van der Waals surface area contributed by atoms with E-state index < -0.39 is 0 Å². The Morgan fingerprint density at radius 2 is 1.81 bits per heavy atom. The minimum absolute atomic E-state index is 0.0279. The first-order valence-electron chi connectivity index (χ1n) is 9.13. The predicted octanol–water partition coefficient (Wildman–Crippen LogP) is 2.81. The Morgan fingerprint density at radius 3 is 2.41 bits per heavy atom. The third kappa shape index (κ3) is 4.81. The number of ether oxygens (including phenoxy) is 2. The molecule has 0 unspecified atom stereocenters. The third-order valence-electron chi connectivity index (χ3n) is 4.40. The molecule has 1 aliphatic heterocycles. The lowest BCUT2D eigenvalue weighted by molar-refractivity contribution is 0.0516. The first kappa shape index (κ1) is 18.8. The highest BCUT2D eigenvalue weighted by Gasteiger charge is 2.25. The summed E-state index contributed by atoms with van der Waals surface area (Å²) in [6.07, 6.45) is 2.66. The van der Waals surface area contributed by atoms with E-state index in [4.69, 9.17) is 15.2 Å². The summed E-state index contributed by atoms with van der Waals surface area (Å²) in [5, 5.41) is 0. The third-order valence-corrected chi connectivity index (χ3v) is 4.40. The van der Waals surface area contributed by atoms with Crippen LogP contribution in [0.1, 0.15) is 26.7 Å². The Hall–Kier alpha value is -2.96. The number of nitrogens with two attached hydrogens (primary N) is 1. The molecule has 7 heteroatoms. The van der Waals surface area contributed by atoms with Crippen LogP contribution in [0.2, 0.25) is 0 Å². The van der Waals surface area contributed by atoms with Crippen LogP contribution in [0.15, 0.2) is 47.4 Å². The quantitative estimate of drug-likeness (QED) is 0.835. The summed E-state index contributed by atoms with van der Waals surface area (Å²) in [6, 6.07) is 10.4. The fourth-order valence-corrected chi connectivity index (χ4v) is 3.01. The Bertz CT molecular complexity index is 837. The zero-order chi connectivity index (χ0) is 19.4. The van der Waals surface area contributed by atoms with Crippen molar-refractivity contribution >= 4 is 11.8 Å². The van der Waals surface area contributed by atoms with Crippen molar-refractivity contribution in [3.8, 4) is 11.4 Å². The molecule has 2 heterocycles. The number of piperidine rings is 1. The standard InChI is InChI=1S/C20H25N3O4/c1-14(2)26-20(25)22-10-7-17(8-11-22)27-18-9-12-23(19(24)13-18)16-5-3-15(21)4-6-16/h3-6,9,12-14,17H,7-8,10-11,21H2,1-2H3. The van der Waals surface area contributed by atoms with Crippen LogP contribution in [0, 0.1) is 0 Å². The molecule has 1 aromatic carbocycles. The van der Waals surface area contributed by atoms with Gasteiger partial charge in [0.15, 0.2) is 0 Å².